The molecular formula is C20H40O4. The Bertz CT molecular complexity index is 268. The van der Waals surface area contributed by atoms with Crippen LogP contribution in [0.5, 0.6) is 0 Å². The Balaban J connectivity index is 3.51. The summed E-state index contributed by atoms with van der Waals surface area (Å²) in [6.07, 6.45) is 14.2. The third-order valence-electron chi connectivity index (χ3n) is 4.18. The molecule has 0 radical (unpaired) electrons. The molecule has 0 fully saturated rings. The highest BCUT2D eigenvalue weighted by molar-refractivity contribution is 5.69. The van der Waals surface area contributed by atoms with Crippen LogP contribution in [0.1, 0.15) is 97.3 Å². The van der Waals surface area contributed by atoms with Gasteiger partial charge >= 0.3 is 5.97 Å². The van der Waals surface area contributed by atoms with Crippen LogP contribution in [0, 0.1) is 0 Å². The number of carbonyl (C=O) groups is 1. The fourth-order valence-electron chi connectivity index (χ4n) is 2.62. The van der Waals surface area contributed by atoms with Crippen molar-refractivity contribution in [1.82, 2.24) is 0 Å². The fraction of sp³-hybridized carbons (Fsp3) is 0.950. The molecule has 1 atom stereocenters. The molecular weight excluding hydrogens is 304 g/mol. The Morgan fingerprint density at radius 1 is 0.833 bits per heavy atom. The van der Waals surface area contributed by atoms with Crippen molar-refractivity contribution in [3.05, 3.63) is 0 Å². The summed E-state index contributed by atoms with van der Waals surface area (Å²) >= 11 is 0. The minimum Gasteiger partial charge on any atom is -0.457 e. The van der Waals surface area contributed by atoms with Gasteiger partial charge in [0.05, 0.1) is 13.2 Å². The third kappa shape index (κ3) is 16.3. The van der Waals surface area contributed by atoms with Crippen molar-refractivity contribution in [2.45, 2.75) is 103 Å². The van der Waals surface area contributed by atoms with Gasteiger partial charge in [0, 0.05) is 13.0 Å². The molecule has 0 aliphatic carbocycles. The topological polar surface area (TPSA) is 55.8 Å². The quantitative estimate of drug-likeness (QED) is 0.280. The van der Waals surface area contributed by atoms with E-state index in [1.807, 2.05) is 0 Å². The minimum atomic E-state index is -0.516. The van der Waals surface area contributed by atoms with Gasteiger partial charge < -0.3 is 14.6 Å². The molecule has 0 saturated heterocycles. The Morgan fingerprint density at radius 2 is 1.38 bits per heavy atom. The maximum absolute atomic E-state index is 11.7. The molecule has 0 amide bonds. The summed E-state index contributed by atoms with van der Waals surface area (Å²) in [6.45, 7) is 5.22. The lowest BCUT2D eigenvalue weighted by Gasteiger charge is -2.15. The van der Waals surface area contributed by atoms with Gasteiger partial charge in [-0.1, -0.05) is 78.1 Å². The lowest BCUT2D eigenvalue weighted by atomic mass is 10.1. The van der Waals surface area contributed by atoms with Gasteiger partial charge in [-0.3, -0.25) is 4.79 Å². The van der Waals surface area contributed by atoms with Crippen molar-refractivity contribution < 1.29 is 19.4 Å². The van der Waals surface area contributed by atoms with Crippen molar-refractivity contribution in [2.24, 2.45) is 0 Å². The molecule has 0 aromatic heterocycles. The number of esters is 1. The maximum atomic E-state index is 11.7. The van der Waals surface area contributed by atoms with E-state index in [4.69, 9.17) is 9.47 Å². The lowest BCUT2D eigenvalue weighted by molar-refractivity contribution is -0.154. The highest BCUT2D eigenvalue weighted by Gasteiger charge is 2.13. The molecule has 0 bridgehead atoms. The third-order valence-corrected chi connectivity index (χ3v) is 4.18. The second-order valence-electron chi connectivity index (χ2n) is 6.65. The summed E-state index contributed by atoms with van der Waals surface area (Å²) < 4.78 is 10.8. The van der Waals surface area contributed by atoms with Crippen molar-refractivity contribution >= 4 is 5.97 Å². The van der Waals surface area contributed by atoms with Crippen LogP contribution >= 0.6 is 0 Å². The van der Waals surface area contributed by atoms with Crippen LogP contribution in [0.3, 0.4) is 0 Å². The second-order valence-corrected chi connectivity index (χ2v) is 6.65. The van der Waals surface area contributed by atoms with E-state index >= 15 is 0 Å². The Labute approximate surface area is 149 Å². The summed E-state index contributed by atoms with van der Waals surface area (Å²) in [7, 11) is 0. The average Bonchev–Trinajstić information content (AvgIpc) is 2.59. The molecule has 1 N–H and O–H groups in total. The van der Waals surface area contributed by atoms with Gasteiger partial charge in [-0.15, -0.1) is 0 Å². The molecule has 4 heteroatoms. The smallest absolute Gasteiger partial charge is 0.306 e. The standard InChI is InChI=1S/C20H40O4/c1-3-5-7-9-11-13-15-20(22)24-19(17-21)18-23-16-14-12-10-8-6-4-2/h19,21H,3-18H2,1-2H3. The molecule has 0 aliphatic rings. The zero-order chi connectivity index (χ0) is 17.9. The first-order valence-electron chi connectivity index (χ1n) is 10.1. The van der Waals surface area contributed by atoms with Gasteiger partial charge in [-0.25, -0.2) is 0 Å². The van der Waals surface area contributed by atoms with E-state index < -0.39 is 6.10 Å². The molecule has 0 saturated carbocycles. The fourth-order valence-corrected chi connectivity index (χ4v) is 2.62. The van der Waals surface area contributed by atoms with E-state index in [1.165, 1.54) is 57.8 Å². The van der Waals surface area contributed by atoms with Crippen LogP contribution in [-0.2, 0) is 14.3 Å². The van der Waals surface area contributed by atoms with Gasteiger partial charge in [-0.2, -0.15) is 0 Å². The summed E-state index contributed by atoms with van der Waals surface area (Å²) in [5, 5.41) is 9.29. The number of rotatable bonds is 18. The molecule has 0 heterocycles. The molecule has 0 rings (SSSR count). The van der Waals surface area contributed by atoms with E-state index in [9.17, 15) is 9.90 Å². The Kier molecular flexibility index (Phi) is 18.2. The van der Waals surface area contributed by atoms with Crippen molar-refractivity contribution in [1.29, 1.82) is 0 Å². The zero-order valence-electron chi connectivity index (χ0n) is 16.1. The highest BCUT2D eigenvalue weighted by atomic mass is 16.6. The molecule has 0 spiro atoms. The predicted molar refractivity (Wildman–Crippen MR) is 99.2 cm³/mol. The molecule has 4 nitrogen and oxygen atoms in total. The number of aliphatic hydroxyl groups is 1. The summed E-state index contributed by atoms with van der Waals surface area (Å²) in [6, 6.07) is 0. The lowest BCUT2D eigenvalue weighted by Crippen LogP contribution is -2.27. The molecule has 0 aromatic rings. The summed E-state index contributed by atoms with van der Waals surface area (Å²) in [5.41, 5.74) is 0. The highest BCUT2D eigenvalue weighted by Crippen LogP contribution is 2.09. The van der Waals surface area contributed by atoms with Crippen LogP contribution in [0.25, 0.3) is 0 Å². The first-order valence-corrected chi connectivity index (χ1v) is 10.1. The van der Waals surface area contributed by atoms with E-state index in [0.717, 1.165) is 19.3 Å². The van der Waals surface area contributed by atoms with Gasteiger partial charge in [0.2, 0.25) is 0 Å². The van der Waals surface area contributed by atoms with Gasteiger partial charge in [0.15, 0.2) is 0 Å². The number of unbranched alkanes of at least 4 members (excludes halogenated alkanes) is 10. The Hall–Kier alpha value is -0.610. The van der Waals surface area contributed by atoms with Gasteiger partial charge in [0.1, 0.15) is 6.10 Å². The average molecular weight is 345 g/mol. The van der Waals surface area contributed by atoms with E-state index in [2.05, 4.69) is 13.8 Å². The normalized spacial score (nSPS) is 12.3. The van der Waals surface area contributed by atoms with Crippen molar-refractivity contribution in [3.63, 3.8) is 0 Å². The first-order chi connectivity index (χ1) is 11.7. The number of hydrogen-bond acceptors (Lipinski definition) is 4. The monoisotopic (exact) mass is 344 g/mol. The largest absolute Gasteiger partial charge is 0.457 e. The van der Waals surface area contributed by atoms with Crippen molar-refractivity contribution in [2.75, 3.05) is 19.8 Å². The Morgan fingerprint density at radius 3 is 1.96 bits per heavy atom. The van der Waals surface area contributed by atoms with Crippen LogP contribution < -0.4 is 0 Å². The maximum Gasteiger partial charge on any atom is 0.306 e. The number of ether oxygens (including phenoxy) is 2. The SMILES string of the molecule is CCCCCCCCOCC(CO)OC(=O)CCCCCCCC. The van der Waals surface area contributed by atoms with Gasteiger partial charge in [0.25, 0.3) is 0 Å². The van der Waals surface area contributed by atoms with Crippen LogP contribution in [0.4, 0.5) is 0 Å². The summed E-state index contributed by atoms with van der Waals surface area (Å²) in [4.78, 5) is 11.7. The van der Waals surface area contributed by atoms with E-state index in [0.29, 0.717) is 19.6 Å². The first kappa shape index (κ1) is 23.4. The van der Waals surface area contributed by atoms with Crippen LogP contribution in [0.2, 0.25) is 0 Å². The number of aliphatic hydroxyl groups excluding tert-OH is 1. The zero-order valence-corrected chi connectivity index (χ0v) is 16.1. The molecule has 0 aliphatic heterocycles. The number of carbonyl (C=O) groups excluding carboxylic acids is 1. The number of hydrogen-bond donors (Lipinski definition) is 1. The molecule has 0 aromatic carbocycles. The minimum absolute atomic E-state index is 0.168. The van der Waals surface area contributed by atoms with E-state index in [-0.39, 0.29) is 12.6 Å². The summed E-state index contributed by atoms with van der Waals surface area (Å²) in [5.74, 6) is -0.215. The molecule has 144 valence electrons. The second kappa shape index (κ2) is 18.7. The van der Waals surface area contributed by atoms with Crippen molar-refractivity contribution in [3.8, 4) is 0 Å². The molecule has 24 heavy (non-hydrogen) atoms. The van der Waals surface area contributed by atoms with Crippen LogP contribution in [-0.4, -0.2) is 37.0 Å². The predicted octanol–water partition coefficient (Wildman–Crippen LogP) is 5.02. The van der Waals surface area contributed by atoms with Gasteiger partial charge in [-0.05, 0) is 12.8 Å². The van der Waals surface area contributed by atoms with E-state index in [1.54, 1.807) is 0 Å². The molecule has 1 unspecified atom stereocenters. The van der Waals surface area contributed by atoms with Crippen LogP contribution in [0.15, 0.2) is 0 Å².